The number of hydrogen-bond donors (Lipinski definition) is 0. The molecule has 3 rings (SSSR count). The van der Waals surface area contributed by atoms with Crippen LogP contribution in [0.4, 0.5) is 0 Å². The van der Waals surface area contributed by atoms with Gasteiger partial charge in [-0.25, -0.2) is 4.79 Å². The van der Waals surface area contributed by atoms with E-state index < -0.39 is 11.8 Å². The molecule has 1 aromatic rings. The van der Waals surface area contributed by atoms with Crippen LogP contribution in [-0.4, -0.2) is 26.0 Å². The Balaban J connectivity index is 2.19. The second kappa shape index (κ2) is 4.67. The van der Waals surface area contributed by atoms with E-state index in [9.17, 15) is 9.59 Å². The third kappa shape index (κ3) is 1.78. The van der Waals surface area contributed by atoms with Crippen molar-refractivity contribution in [2.45, 2.75) is 19.3 Å². The Hall–Kier alpha value is -2.30. The summed E-state index contributed by atoms with van der Waals surface area (Å²) < 4.78 is 15.7. The number of hydrogen-bond acceptors (Lipinski definition) is 5. The molecule has 0 aromatic heterocycles. The molecule has 0 amide bonds. The Bertz CT molecular complexity index is 642. The van der Waals surface area contributed by atoms with E-state index in [-0.39, 0.29) is 0 Å². The molecule has 1 aliphatic heterocycles. The molecule has 0 N–H and O–H groups in total. The van der Waals surface area contributed by atoms with Crippen molar-refractivity contribution in [2.75, 3.05) is 14.2 Å². The van der Waals surface area contributed by atoms with Crippen molar-refractivity contribution in [3.05, 3.63) is 28.8 Å². The largest absolute Gasteiger partial charge is 0.493 e. The van der Waals surface area contributed by atoms with Crippen LogP contribution in [0.1, 0.15) is 24.0 Å². The average Bonchev–Trinajstić information content (AvgIpc) is 2.65. The first kappa shape index (κ1) is 12.7. The van der Waals surface area contributed by atoms with Gasteiger partial charge >= 0.3 is 5.97 Å². The van der Waals surface area contributed by atoms with Crippen LogP contribution < -0.4 is 9.47 Å². The Morgan fingerprint density at radius 3 is 2.45 bits per heavy atom. The predicted octanol–water partition coefficient (Wildman–Crippen LogP) is 1.88. The van der Waals surface area contributed by atoms with E-state index in [0.717, 1.165) is 24.0 Å². The minimum Gasteiger partial charge on any atom is -0.493 e. The first-order valence-electron chi connectivity index (χ1n) is 6.40. The first-order chi connectivity index (χ1) is 9.65. The summed E-state index contributed by atoms with van der Waals surface area (Å²) in [5.41, 5.74) is 2.21. The van der Waals surface area contributed by atoms with Gasteiger partial charge < -0.3 is 14.2 Å². The highest BCUT2D eigenvalue weighted by Crippen LogP contribution is 2.40. The van der Waals surface area contributed by atoms with Gasteiger partial charge in [0.1, 0.15) is 5.76 Å². The molecule has 0 fully saturated rings. The van der Waals surface area contributed by atoms with E-state index in [1.165, 1.54) is 0 Å². The summed E-state index contributed by atoms with van der Waals surface area (Å²) in [5.74, 6) is 0.245. The van der Waals surface area contributed by atoms with Crippen LogP contribution in [0.3, 0.4) is 0 Å². The highest BCUT2D eigenvalue weighted by molar-refractivity contribution is 6.45. The van der Waals surface area contributed by atoms with Gasteiger partial charge in [0.05, 0.1) is 19.8 Å². The molecule has 1 aromatic carbocycles. The lowest BCUT2D eigenvalue weighted by Gasteiger charge is -2.13. The molecule has 0 bridgehead atoms. The number of ether oxygens (including phenoxy) is 3. The van der Waals surface area contributed by atoms with Crippen molar-refractivity contribution in [3.8, 4) is 11.5 Å². The summed E-state index contributed by atoms with van der Waals surface area (Å²) in [6.07, 6.45) is 2.15. The summed E-state index contributed by atoms with van der Waals surface area (Å²) >= 11 is 0. The SMILES string of the molecule is COc1cc2c(cc1OC)C1=C(CCC2)C(=O)C(=O)O1. The second-order valence-corrected chi connectivity index (χ2v) is 4.74. The molecule has 5 nitrogen and oxygen atoms in total. The number of benzene rings is 1. The summed E-state index contributed by atoms with van der Waals surface area (Å²) in [5, 5.41) is 0. The van der Waals surface area contributed by atoms with Crippen LogP contribution in [0.5, 0.6) is 11.5 Å². The quantitative estimate of drug-likeness (QED) is 0.608. The smallest absolute Gasteiger partial charge is 0.384 e. The highest BCUT2D eigenvalue weighted by Gasteiger charge is 2.36. The van der Waals surface area contributed by atoms with Crippen molar-refractivity contribution in [3.63, 3.8) is 0 Å². The molecule has 0 unspecified atom stereocenters. The fourth-order valence-electron chi connectivity index (χ4n) is 2.67. The molecule has 0 saturated carbocycles. The van der Waals surface area contributed by atoms with Crippen molar-refractivity contribution in [2.24, 2.45) is 0 Å². The molecular formula is C15H14O5. The summed E-state index contributed by atoms with van der Waals surface area (Å²) in [6, 6.07) is 3.64. The van der Waals surface area contributed by atoms with Gasteiger partial charge in [0, 0.05) is 5.56 Å². The normalized spacial score (nSPS) is 17.3. The molecule has 0 saturated heterocycles. The van der Waals surface area contributed by atoms with Gasteiger partial charge in [-0.2, -0.15) is 0 Å². The Kier molecular flexibility index (Phi) is 2.97. The zero-order chi connectivity index (χ0) is 14.3. The molecule has 5 heteroatoms. The fraction of sp³-hybridized carbons (Fsp3) is 0.333. The number of Topliss-reactive ketones (excluding diaryl/α,β-unsaturated/α-hetero) is 1. The van der Waals surface area contributed by atoms with Crippen LogP contribution in [0, 0.1) is 0 Å². The maximum Gasteiger partial charge on any atom is 0.384 e. The van der Waals surface area contributed by atoms with Gasteiger partial charge in [0.15, 0.2) is 11.5 Å². The van der Waals surface area contributed by atoms with E-state index >= 15 is 0 Å². The number of carbonyl (C=O) groups excluding carboxylic acids is 2. The average molecular weight is 274 g/mol. The van der Waals surface area contributed by atoms with Gasteiger partial charge in [-0.1, -0.05) is 0 Å². The van der Waals surface area contributed by atoms with Crippen molar-refractivity contribution in [1.29, 1.82) is 0 Å². The minimum atomic E-state index is -0.794. The fourth-order valence-corrected chi connectivity index (χ4v) is 2.67. The molecular weight excluding hydrogens is 260 g/mol. The number of aryl methyl sites for hydroxylation is 1. The van der Waals surface area contributed by atoms with Gasteiger partial charge in [0.2, 0.25) is 0 Å². The van der Waals surface area contributed by atoms with Crippen LogP contribution >= 0.6 is 0 Å². The maximum absolute atomic E-state index is 11.8. The third-order valence-electron chi connectivity index (χ3n) is 3.66. The number of rotatable bonds is 2. The molecule has 0 radical (unpaired) electrons. The maximum atomic E-state index is 11.8. The lowest BCUT2D eigenvalue weighted by atomic mass is 10.0. The Morgan fingerprint density at radius 1 is 1.05 bits per heavy atom. The number of fused-ring (bicyclic) bond motifs is 2. The highest BCUT2D eigenvalue weighted by atomic mass is 16.5. The van der Waals surface area contributed by atoms with E-state index in [1.54, 1.807) is 20.3 Å². The minimum absolute atomic E-state index is 0.383. The predicted molar refractivity (Wildman–Crippen MR) is 70.5 cm³/mol. The van der Waals surface area contributed by atoms with Gasteiger partial charge in [0.25, 0.3) is 5.78 Å². The van der Waals surface area contributed by atoms with E-state index in [2.05, 4.69) is 0 Å². The van der Waals surface area contributed by atoms with Crippen LogP contribution in [0.2, 0.25) is 0 Å². The standard InChI is InChI=1S/C15H14O5/c1-18-11-6-8-4-3-5-9-13(16)15(17)20-14(9)10(8)7-12(11)19-2/h6-7H,3-5H2,1-2H3. The molecule has 1 heterocycles. The number of carbonyl (C=O) groups is 2. The van der Waals surface area contributed by atoms with Crippen molar-refractivity contribution in [1.82, 2.24) is 0 Å². The number of methoxy groups -OCH3 is 2. The Morgan fingerprint density at radius 2 is 1.75 bits per heavy atom. The third-order valence-corrected chi connectivity index (χ3v) is 3.66. The van der Waals surface area contributed by atoms with E-state index in [1.807, 2.05) is 6.07 Å². The molecule has 0 atom stereocenters. The van der Waals surface area contributed by atoms with Gasteiger partial charge in [-0.3, -0.25) is 4.79 Å². The molecule has 104 valence electrons. The summed E-state index contributed by atoms with van der Waals surface area (Å²) in [6.45, 7) is 0. The first-order valence-corrected chi connectivity index (χ1v) is 6.40. The molecule has 0 spiro atoms. The zero-order valence-electron chi connectivity index (χ0n) is 11.3. The zero-order valence-corrected chi connectivity index (χ0v) is 11.3. The lowest BCUT2D eigenvalue weighted by molar-refractivity contribution is -0.145. The van der Waals surface area contributed by atoms with E-state index in [4.69, 9.17) is 14.2 Å². The van der Waals surface area contributed by atoms with Gasteiger partial charge in [-0.05, 0) is 37.0 Å². The molecule has 20 heavy (non-hydrogen) atoms. The van der Waals surface area contributed by atoms with Crippen molar-refractivity contribution >= 4 is 17.5 Å². The molecule has 2 aliphatic rings. The van der Waals surface area contributed by atoms with Gasteiger partial charge in [-0.15, -0.1) is 0 Å². The van der Waals surface area contributed by atoms with E-state index in [0.29, 0.717) is 29.3 Å². The lowest BCUT2D eigenvalue weighted by Crippen LogP contribution is -2.10. The topological polar surface area (TPSA) is 61.8 Å². The van der Waals surface area contributed by atoms with Crippen molar-refractivity contribution < 1.29 is 23.8 Å². The number of esters is 1. The summed E-state index contributed by atoms with van der Waals surface area (Å²) in [4.78, 5) is 23.3. The second-order valence-electron chi connectivity index (χ2n) is 4.74. The molecule has 1 aliphatic carbocycles. The number of ketones is 1. The Labute approximate surface area is 116 Å². The van der Waals surface area contributed by atoms with Crippen LogP contribution in [0.25, 0.3) is 5.76 Å². The van der Waals surface area contributed by atoms with Crippen LogP contribution in [0.15, 0.2) is 17.7 Å². The van der Waals surface area contributed by atoms with Crippen LogP contribution in [-0.2, 0) is 20.7 Å². The monoisotopic (exact) mass is 274 g/mol. The summed E-state index contributed by atoms with van der Waals surface area (Å²) in [7, 11) is 3.12.